The van der Waals surface area contributed by atoms with E-state index in [9.17, 15) is 9.59 Å². The number of carbonyl (C=O) groups is 2. The Morgan fingerprint density at radius 1 is 1.18 bits per heavy atom. The van der Waals surface area contributed by atoms with E-state index in [-0.39, 0.29) is 17.6 Å². The molecule has 0 bridgehead atoms. The Balaban J connectivity index is 3.38. The first kappa shape index (κ1) is 16.8. The van der Waals surface area contributed by atoms with Crippen molar-refractivity contribution < 1.29 is 9.59 Å². The zero-order valence-corrected chi connectivity index (χ0v) is 12.2. The van der Waals surface area contributed by atoms with Gasteiger partial charge < -0.3 is 11.1 Å². The lowest BCUT2D eigenvalue weighted by Gasteiger charge is -2.05. The molecule has 0 rings (SSSR count). The smallest absolute Gasteiger partial charge is 0.220 e. The van der Waals surface area contributed by atoms with Crippen LogP contribution in [0, 0.1) is 5.92 Å². The molecule has 3 N–H and O–H groups in total. The largest absolute Gasteiger partial charge is 0.355 e. The average molecular weight is 278 g/mol. The Bertz CT molecular complexity index is 236. The summed E-state index contributed by atoms with van der Waals surface area (Å²) in [7, 11) is 3.42. The molecule has 0 heterocycles. The van der Waals surface area contributed by atoms with Crippen molar-refractivity contribution in [2.45, 2.75) is 26.7 Å². The van der Waals surface area contributed by atoms with Gasteiger partial charge >= 0.3 is 0 Å². The minimum Gasteiger partial charge on any atom is -0.355 e. The summed E-state index contributed by atoms with van der Waals surface area (Å²) in [6.45, 7) is 5.04. The molecule has 0 aliphatic heterocycles. The van der Waals surface area contributed by atoms with Crippen molar-refractivity contribution in [1.82, 2.24) is 5.32 Å². The third-order valence-electron chi connectivity index (χ3n) is 2.03. The normalized spacial score (nSPS) is 10.6. The molecule has 0 atom stereocenters. The van der Waals surface area contributed by atoms with Crippen molar-refractivity contribution in [2.24, 2.45) is 11.7 Å². The van der Waals surface area contributed by atoms with Crippen LogP contribution in [0.25, 0.3) is 0 Å². The maximum Gasteiger partial charge on any atom is 0.220 e. The second-order valence-electron chi connectivity index (χ2n) is 3.90. The van der Waals surface area contributed by atoms with Crippen LogP contribution in [-0.2, 0) is 9.59 Å². The van der Waals surface area contributed by atoms with Gasteiger partial charge in [0.05, 0.1) is 0 Å². The number of rotatable bonds is 10. The van der Waals surface area contributed by atoms with Gasteiger partial charge in [-0.3, -0.25) is 9.59 Å². The fraction of sp³-hybridized carbons (Fsp3) is 0.818. The van der Waals surface area contributed by atoms with Crippen LogP contribution in [0.2, 0.25) is 0 Å². The summed E-state index contributed by atoms with van der Waals surface area (Å²) in [5, 5.41) is 2.80. The number of carbonyl (C=O) groups excluding carboxylic acids is 2. The molecule has 0 aromatic carbocycles. The van der Waals surface area contributed by atoms with Crippen molar-refractivity contribution in [2.75, 3.05) is 24.6 Å². The second-order valence-corrected chi connectivity index (χ2v) is 6.61. The average Bonchev–Trinajstić information content (AvgIpc) is 2.30. The van der Waals surface area contributed by atoms with Gasteiger partial charge in [0.2, 0.25) is 5.91 Å². The molecule has 100 valence electrons. The van der Waals surface area contributed by atoms with Crippen LogP contribution < -0.4 is 11.1 Å². The summed E-state index contributed by atoms with van der Waals surface area (Å²) in [5.41, 5.74) is 5.35. The number of nitrogens with two attached hydrogens (primary N) is 1. The maximum atomic E-state index is 11.4. The first-order chi connectivity index (χ1) is 8.07. The van der Waals surface area contributed by atoms with Crippen LogP contribution in [0.1, 0.15) is 26.7 Å². The number of amides is 1. The first-order valence-corrected chi connectivity index (χ1v) is 8.30. The van der Waals surface area contributed by atoms with Gasteiger partial charge in [-0.05, 0) is 0 Å². The lowest BCUT2D eigenvalue weighted by Crippen LogP contribution is -2.26. The van der Waals surface area contributed by atoms with Crippen molar-refractivity contribution in [3.63, 3.8) is 0 Å². The molecule has 17 heavy (non-hydrogen) atoms. The molecule has 4 nitrogen and oxygen atoms in total. The second kappa shape index (κ2) is 10.9. The van der Waals surface area contributed by atoms with E-state index >= 15 is 0 Å². The van der Waals surface area contributed by atoms with Gasteiger partial charge in [0.25, 0.3) is 0 Å². The van der Waals surface area contributed by atoms with Crippen molar-refractivity contribution >= 4 is 33.3 Å². The van der Waals surface area contributed by atoms with E-state index in [0.717, 1.165) is 11.5 Å². The number of nitrogens with one attached hydrogen (secondary N) is 1. The predicted molar refractivity (Wildman–Crippen MR) is 76.1 cm³/mol. The Morgan fingerprint density at radius 3 is 2.41 bits per heavy atom. The van der Waals surface area contributed by atoms with Gasteiger partial charge in [0.1, 0.15) is 5.78 Å². The van der Waals surface area contributed by atoms with E-state index in [1.807, 2.05) is 13.8 Å². The number of Topliss-reactive ketones (excluding diaryl/α,β-unsaturated/α-hetero) is 1. The van der Waals surface area contributed by atoms with Gasteiger partial charge in [0.15, 0.2) is 0 Å². The molecule has 1 amide bonds. The van der Waals surface area contributed by atoms with E-state index in [1.54, 1.807) is 21.6 Å². The van der Waals surface area contributed by atoms with Gasteiger partial charge in [-0.2, -0.15) is 0 Å². The van der Waals surface area contributed by atoms with Crippen molar-refractivity contribution in [3.8, 4) is 0 Å². The number of hydrogen-bond donors (Lipinski definition) is 2. The van der Waals surface area contributed by atoms with E-state index < -0.39 is 0 Å². The summed E-state index contributed by atoms with van der Waals surface area (Å²) in [6, 6.07) is 0. The molecule has 0 aromatic rings. The summed E-state index contributed by atoms with van der Waals surface area (Å²) in [5.74, 6) is 1.93. The summed E-state index contributed by atoms with van der Waals surface area (Å²) in [6.07, 6.45) is 0.649. The monoisotopic (exact) mass is 278 g/mol. The maximum absolute atomic E-state index is 11.4. The van der Waals surface area contributed by atoms with Crippen LogP contribution in [-0.4, -0.2) is 36.3 Å². The summed E-state index contributed by atoms with van der Waals surface area (Å²) in [4.78, 5) is 22.7. The molecule has 0 radical (unpaired) electrons. The highest BCUT2D eigenvalue weighted by Gasteiger charge is 2.09. The molecule has 0 saturated heterocycles. The van der Waals surface area contributed by atoms with Crippen LogP contribution in [0.3, 0.4) is 0 Å². The Morgan fingerprint density at radius 2 is 1.82 bits per heavy atom. The molecule has 0 saturated carbocycles. The molecule has 6 heteroatoms. The van der Waals surface area contributed by atoms with E-state index in [0.29, 0.717) is 25.9 Å². The van der Waals surface area contributed by atoms with Gasteiger partial charge in [-0.1, -0.05) is 35.4 Å². The van der Waals surface area contributed by atoms with Gasteiger partial charge in [0, 0.05) is 43.4 Å². The van der Waals surface area contributed by atoms with E-state index in [2.05, 4.69) is 5.32 Å². The van der Waals surface area contributed by atoms with Crippen LogP contribution in [0.4, 0.5) is 0 Å². The predicted octanol–water partition coefficient (Wildman–Crippen LogP) is 1.45. The SMILES string of the molecule is CC(C)C(=O)CCC(=O)NCCSSCCN. The van der Waals surface area contributed by atoms with E-state index in [1.165, 1.54) is 0 Å². The zero-order valence-electron chi connectivity index (χ0n) is 10.5. The van der Waals surface area contributed by atoms with Crippen molar-refractivity contribution in [1.29, 1.82) is 0 Å². The molecule has 0 fully saturated rings. The lowest BCUT2D eigenvalue weighted by molar-refractivity contribution is -0.126. The summed E-state index contributed by atoms with van der Waals surface area (Å²) < 4.78 is 0. The molecular weight excluding hydrogens is 256 g/mol. The lowest BCUT2D eigenvalue weighted by atomic mass is 10.0. The quantitative estimate of drug-likeness (QED) is 0.467. The fourth-order valence-corrected chi connectivity index (χ4v) is 2.77. The molecular formula is C11H22N2O2S2. The minimum absolute atomic E-state index is 0.0195. The summed E-state index contributed by atoms with van der Waals surface area (Å²) >= 11 is 0. The zero-order chi connectivity index (χ0) is 13.1. The van der Waals surface area contributed by atoms with Gasteiger partial charge in [-0.25, -0.2) is 0 Å². The Labute approximate surface area is 111 Å². The number of hydrogen-bond acceptors (Lipinski definition) is 5. The Hall–Kier alpha value is -0.200. The third-order valence-corrected chi connectivity index (χ3v) is 4.47. The first-order valence-electron chi connectivity index (χ1n) is 5.81. The molecule has 0 aromatic heterocycles. The fourth-order valence-electron chi connectivity index (χ4n) is 1.01. The molecule has 0 aliphatic carbocycles. The van der Waals surface area contributed by atoms with E-state index in [4.69, 9.17) is 5.73 Å². The number of ketones is 1. The van der Waals surface area contributed by atoms with Crippen LogP contribution >= 0.6 is 21.6 Å². The van der Waals surface area contributed by atoms with Gasteiger partial charge in [-0.15, -0.1) is 0 Å². The highest BCUT2D eigenvalue weighted by atomic mass is 33.1. The minimum atomic E-state index is -0.0385. The standard InChI is InChI=1S/C11H22N2O2S2/c1-9(2)10(14)3-4-11(15)13-6-8-17-16-7-5-12/h9H,3-8,12H2,1-2H3,(H,13,15). The van der Waals surface area contributed by atoms with Crippen LogP contribution in [0.15, 0.2) is 0 Å². The Kier molecular flexibility index (Phi) is 10.8. The molecule has 0 spiro atoms. The highest BCUT2D eigenvalue weighted by molar-refractivity contribution is 8.76. The van der Waals surface area contributed by atoms with Crippen LogP contribution in [0.5, 0.6) is 0 Å². The molecule has 0 unspecified atom stereocenters. The molecule has 0 aliphatic rings. The third kappa shape index (κ3) is 10.7. The highest BCUT2D eigenvalue weighted by Crippen LogP contribution is 2.18. The van der Waals surface area contributed by atoms with Crippen molar-refractivity contribution in [3.05, 3.63) is 0 Å². The topological polar surface area (TPSA) is 72.2 Å².